The molecule has 0 bridgehead atoms. The number of nitrogens with zero attached hydrogens (tertiary/aromatic N) is 2. The van der Waals surface area contributed by atoms with Crippen LogP contribution >= 0.6 is 0 Å². The van der Waals surface area contributed by atoms with Gasteiger partial charge in [-0.2, -0.15) is 0 Å². The zero-order valence-corrected chi connectivity index (χ0v) is 7.00. The van der Waals surface area contributed by atoms with E-state index in [2.05, 4.69) is 10.1 Å². The molecule has 0 N–H and O–H groups in total. The van der Waals surface area contributed by atoms with Gasteiger partial charge in [-0.3, -0.25) is 0 Å². The van der Waals surface area contributed by atoms with E-state index < -0.39 is 0 Å². The van der Waals surface area contributed by atoms with Crippen LogP contribution < -0.4 is 0 Å². The molecule has 0 aliphatic rings. The molecule has 0 aromatic carbocycles. The van der Waals surface area contributed by atoms with E-state index in [9.17, 15) is 0 Å². The molecule has 0 unspecified atom stereocenters. The number of likely N-dealkylation sites (N-methyl/N-ethyl adjacent to an activating group) is 1. The van der Waals surface area contributed by atoms with Crippen molar-refractivity contribution in [1.82, 2.24) is 4.90 Å². The molecule has 3 nitrogen and oxygen atoms in total. The SMILES string of the molecule is CC/C=N/OCCN(C)C. The molecule has 0 atom stereocenters. The smallest absolute Gasteiger partial charge is 0.129 e. The molecule has 60 valence electrons. The van der Waals surface area contributed by atoms with Crippen molar-refractivity contribution in [2.75, 3.05) is 27.2 Å². The molecule has 0 rings (SSSR count). The van der Waals surface area contributed by atoms with Gasteiger partial charge in [0.25, 0.3) is 0 Å². The number of rotatable bonds is 5. The lowest BCUT2D eigenvalue weighted by molar-refractivity contribution is 0.127. The minimum absolute atomic E-state index is 0.670. The molecule has 0 saturated heterocycles. The fourth-order valence-corrected chi connectivity index (χ4v) is 0.403. The van der Waals surface area contributed by atoms with Crippen LogP contribution in [0.25, 0.3) is 0 Å². The molecule has 0 spiro atoms. The Labute approximate surface area is 62.7 Å². The summed E-state index contributed by atoms with van der Waals surface area (Å²) < 4.78 is 0. The Morgan fingerprint density at radius 2 is 2.20 bits per heavy atom. The van der Waals surface area contributed by atoms with Crippen molar-refractivity contribution in [2.45, 2.75) is 13.3 Å². The van der Waals surface area contributed by atoms with Gasteiger partial charge in [0.15, 0.2) is 0 Å². The largest absolute Gasteiger partial charge is 0.395 e. The number of hydrogen-bond donors (Lipinski definition) is 0. The maximum absolute atomic E-state index is 4.91. The summed E-state index contributed by atoms with van der Waals surface area (Å²) >= 11 is 0. The van der Waals surface area contributed by atoms with Gasteiger partial charge in [0.2, 0.25) is 0 Å². The zero-order valence-electron chi connectivity index (χ0n) is 7.00. The summed E-state index contributed by atoms with van der Waals surface area (Å²) in [5.74, 6) is 0. The van der Waals surface area contributed by atoms with E-state index in [1.807, 2.05) is 21.0 Å². The van der Waals surface area contributed by atoms with Crippen LogP contribution in [0.2, 0.25) is 0 Å². The summed E-state index contributed by atoms with van der Waals surface area (Å²) in [4.78, 5) is 6.97. The van der Waals surface area contributed by atoms with Crippen LogP contribution in [0.1, 0.15) is 13.3 Å². The Morgan fingerprint density at radius 1 is 1.50 bits per heavy atom. The van der Waals surface area contributed by atoms with Gasteiger partial charge < -0.3 is 9.74 Å². The molecule has 3 heteroatoms. The zero-order chi connectivity index (χ0) is 7.82. The lowest BCUT2D eigenvalue weighted by atomic mass is 10.6. The van der Waals surface area contributed by atoms with Gasteiger partial charge in [0.05, 0.1) is 0 Å². The van der Waals surface area contributed by atoms with Crippen LogP contribution in [0, 0.1) is 0 Å². The van der Waals surface area contributed by atoms with Crippen LogP contribution in [0.5, 0.6) is 0 Å². The van der Waals surface area contributed by atoms with E-state index in [4.69, 9.17) is 4.84 Å². The average Bonchev–Trinajstić information content (AvgIpc) is 1.87. The van der Waals surface area contributed by atoms with Crippen LogP contribution in [0.3, 0.4) is 0 Å². The highest BCUT2D eigenvalue weighted by Crippen LogP contribution is 1.78. The van der Waals surface area contributed by atoms with Crippen molar-refractivity contribution < 1.29 is 4.84 Å². The molecule has 0 aromatic rings. The number of hydrogen-bond acceptors (Lipinski definition) is 3. The van der Waals surface area contributed by atoms with Gasteiger partial charge in [-0.05, 0) is 20.5 Å². The van der Waals surface area contributed by atoms with Crippen molar-refractivity contribution in [2.24, 2.45) is 5.16 Å². The van der Waals surface area contributed by atoms with Gasteiger partial charge in [-0.15, -0.1) is 0 Å². The Bertz CT molecular complexity index is 91.6. The third kappa shape index (κ3) is 7.43. The highest BCUT2D eigenvalue weighted by atomic mass is 16.6. The van der Waals surface area contributed by atoms with Gasteiger partial charge in [-0.1, -0.05) is 12.1 Å². The van der Waals surface area contributed by atoms with E-state index in [0.717, 1.165) is 13.0 Å². The van der Waals surface area contributed by atoms with Crippen molar-refractivity contribution in [3.63, 3.8) is 0 Å². The monoisotopic (exact) mass is 144 g/mol. The van der Waals surface area contributed by atoms with E-state index in [1.54, 1.807) is 6.21 Å². The second-order valence-corrected chi connectivity index (χ2v) is 2.33. The standard InChI is InChI=1S/C7H16N2O/c1-4-5-8-10-7-6-9(2)3/h5H,4,6-7H2,1-3H3/b8-5+. The first-order valence-corrected chi connectivity index (χ1v) is 3.56. The lowest BCUT2D eigenvalue weighted by Gasteiger charge is -2.06. The van der Waals surface area contributed by atoms with Gasteiger partial charge in [0, 0.05) is 12.8 Å². The second-order valence-electron chi connectivity index (χ2n) is 2.33. The first kappa shape index (κ1) is 9.43. The fourth-order valence-electron chi connectivity index (χ4n) is 0.403. The number of oxime groups is 1. The van der Waals surface area contributed by atoms with Gasteiger partial charge >= 0.3 is 0 Å². The molecule has 0 aliphatic carbocycles. The molecule has 0 amide bonds. The molecular weight excluding hydrogens is 128 g/mol. The predicted octanol–water partition coefficient (Wildman–Crippen LogP) is 0.960. The molecule has 0 fully saturated rings. The lowest BCUT2D eigenvalue weighted by Crippen LogP contribution is -2.16. The maximum Gasteiger partial charge on any atom is 0.129 e. The quantitative estimate of drug-likeness (QED) is 0.326. The van der Waals surface area contributed by atoms with Crippen LogP contribution in [-0.4, -0.2) is 38.4 Å². The molecule has 0 heterocycles. The van der Waals surface area contributed by atoms with Crippen molar-refractivity contribution >= 4 is 6.21 Å². The Morgan fingerprint density at radius 3 is 2.70 bits per heavy atom. The highest BCUT2D eigenvalue weighted by Gasteiger charge is 1.86. The van der Waals surface area contributed by atoms with Crippen molar-refractivity contribution in [3.8, 4) is 0 Å². The van der Waals surface area contributed by atoms with Crippen LogP contribution in [0.15, 0.2) is 5.16 Å². The van der Waals surface area contributed by atoms with Crippen molar-refractivity contribution in [1.29, 1.82) is 0 Å². The van der Waals surface area contributed by atoms with Crippen molar-refractivity contribution in [3.05, 3.63) is 0 Å². The Hall–Kier alpha value is -0.570. The summed E-state index contributed by atoms with van der Waals surface area (Å²) in [5.41, 5.74) is 0. The van der Waals surface area contributed by atoms with Crippen LogP contribution in [0.4, 0.5) is 0 Å². The summed E-state index contributed by atoms with van der Waals surface area (Å²) in [6.45, 7) is 3.61. The Kier molecular flexibility index (Phi) is 6.18. The first-order chi connectivity index (χ1) is 4.77. The average molecular weight is 144 g/mol. The minimum Gasteiger partial charge on any atom is -0.395 e. The minimum atomic E-state index is 0.670. The molecule has 0 saturated carbocycles. The van der Waals surface area contributed by atoms with E-state index in [0.29, 0.717) is 6.61 Å². The summed E-state index contributed by atoms with van der Waals surface area (Å²) in [6.07, 6.45) is 2.69. The highest BCUT2D eigenvalue weighted by molar-refractivity contribution is 5.55. The second kappa shape index (κ2) is 6.55. The maximum atomic E-state index is 4.91. The predicted molar refractivity (Wildman–Crippen MR) is 43.3 cm³/mol. The van der Waals surface area contributed by atoms with Gasteiger partial charge in [-0.25, -0.2) is 0 Å². The third-order valence-electron chi connectivity index (χ3n) is 0.961. The summed E-state index contributed by atoms with van der Waals surface area (Å²) in [7, 11) is 4.01. The van der Waals surface area contributed by atoms with Crippen LogP contribution in [-0.2, 0) is 4.84 Å². The third-order valence-corrected chi connectivity index (χ3v) is 0.961. The van der Waals surface area contributed by atoms with E-state index in [1.165, 1.54) is 0 Å². The van der Waals surface area contributed by atoms with E-state index in [-0.39, 0.29) is 0 Å². The molecule has 10 heavy (non-hydrogen) atoms. The fraction of sp³-hybridized carbons (Fsp3) is 0.857. The molecule has 0 aliphatic heterocycles. The molecular formula is C7H16N2O. The molecule has 0 aromatic heterocycles. The van der Waals surface area contributed by atoms with E-state index >= 15 is 0 Å². The van der Waals surface area contributed by atoms with Gasteiger partial charge in [0.1, 0.15) is 6.61 Å². The molecule has 0 radical (unpaired) electrons. The topological polar surface area (TPSA) is 24.8 Å². The summed E-state index contributed by atoms with van der Waals surface area (Å²) in [5, 5.41) is 3.71. The summed E-state index contributed by atoms with van der Waals surface area (Å²) in [6, 6.07) is 0. The first-order valence-electron chi connectivity index (χ1n) is 3.56. The normalized spacial score (nSPS) is 11.2. The Balaban J connectivity index is 2.97.